The molecule has 2 aliphatic carbocycles. The second kappa shape index (κ2) is 5.04. The van der Waals surface area contributed by atoms with Crippen molar-refractivity contribution in [1.82, 2.24) is 5.32 Å². The Labute approximate surface area is 136 Å². The normalized spacial score (nSPS) is 33.7. The zero-order chi connectivity index (χ0) is 17.8. The second-order valence-electron chi connectivity index (χ2n) is 7.50. The van der Waals surface area contributed by atoms with E-state index in [1.807, 2.05) is 0 Å². The molecule has 3 atom stereocenters. The van der Waals surface area contributed by atoms with Crippen LogP contribution in [0.15, 0.2) is 12.7 Å². The van der Waals surface area contributed by atoms with Gasteiger partial charge in [-0.15, -0.1) is 6.58 Å². The monoisotopic (exact) mass is 344 g/mol. The highest BCUT2D eigenvalue weighted by molar-refractivity contribution is 7.91. The van der Waals surface area contributed by atoms with Crippen LogP contribution in [0.2, 0.25) is 0 Å². The molecule has 0 aromatic rings. The molecule has 130 valence electrons. The van der Waals surface area contributed by atoms with Crippen LogP contribution in [0.3, 0.4) is 0 Å². The van der Waals surface area contributed by atoms with Crippen molar-refractivity contribution in [3.8, 4) is 0 Å². The van der Waals surface area contributed by atoms with E-state index < -0.39 is 37.9 Å². The number of ketones is 1. The number of sulfonamides is 1. The summed E-state index contributed by atoms with van der Waals surface area (Å²) in [6.45, 7) is 10.2. The molecule has 1 unspecified atom stereocenters. The molecule has 0 heterocycles. The number of primary sulfonamides is 1. The van der Waals surface area contributed by atoms with Gasteiger partial charge in [-0.2, -0.15) is 0 Å². The Balaban J connectivity index is 2.39. The van der Waals surface area contributed by atoms with E-state index in [0.717, 1.165) is 12.8 Å². The predicted octanol–water partition coefficient (Wildman–Crippen LogP) is 1.30. The largest absolute Gasteiger partial charge is 0.444 e. The summed E-state index contributed by atoms with van der Waals surface area (Å²) in [5, 5.41) is 7.74. The van der Waals surface area contributed by atoms with Gasteiger partial charge in [-0.05, 0) is 33.6 Å². The highest BCUT2D eigenvalue weighted by Gasteiger charge is 2.83. The Bertz CT molecular complexity index is 662. The van der Waals surface area contributed by atoms with Gasteiger partial charge in [0.15, 0.2) is 4.87 Å². The molecule has 23 heavy (non-hydrogen) atoms. The molecule has 0 spiro atoms. The van der Waals surface area contributed by atoms with E-state index in [1.54, 1.807) is 27.7 Å². The summed E-state index contributed by atoms with van der Waals surface area (Å²) in [4.78, 5) is 22.7. The Hall–Kier alpha value is -1.41. The summed E-state index contributed by atoms with van der Waals surface area (Å²) in [5.74, 6) is -1.30. The third-order valence-electron chi connectivity index (χ3n) is 4.55. The van der Waals surface area contributed by atoms with Crippen molar-refractivity contribution in [3.05, 3.63) is 12.7 Å². The lowest BCUT2D eigenvalue weighted by Crippen LogP contribution is -2.52. The first kappa shape index (κ1) is 17.9. The topological polar surface area (TPSA) is 116 Å². The van der Waals surface area contributed by atoms with E-state index in [1.165, 1.54) is 6.08 Å². The number of amides is 1. The van der Waals surface area contributed by atoms with Gasteiger partial charge in [0.1, 0.15) is 11.4 Å². The summed E-state index contributed by atoms with van der Waals surface area (Å²) >= 11 is 0. The molecule has 0 saturated heterocycles. The van der Waals surface area contributed by atoms with Crippen LogP contribution in [0, 0.1) is 17.3 Å². The van der Waals surface area contributed by atoms with Gasteiger partial charge in [-0.1, -0.05) is 13.0 Å². The molecule has 0 aromatic heterocycles. The molecule has 3 N–H and O–H groups in total. The third kappa shape index (κ3) is 2.78. The molecule has 0 radical (unpaired) electrons. The number of carbonyl (C=O) groups excluding carboxylic acids is 2. The summed E-state index contributed by atoms with van der Waals surface area (Å²) in [6.07, 6.45) is 1.91. The van der Waals surface area contributed by atoms with E-state index in [4.69, 9.17) is 9.88 Å². The van der Waals surface area contributed by atoms with Gasteiger partial charge in [0.2, 0.25) is 10.0 Å². The first-order chi connectivity index (χ1) is 10.3. The number of hydrogen-bond donors (Lipinski definition) is 2. The van der Waals surface area contributed by atoms with Gasteiger partial charge in [0.25, 0.3) is 0 Å². The van der Waals surface area contributed by atoms with Crippen molar-refractivity contribution in [2.45, 2.75) is 51.0 Å². The maximum Gasteiger partial charge on any atom is 0.409 e. The van der Waals surface area contributed by atoms with Gasteiger partial charge in [-0.25, -0.2) is 18.4 Å². The zero-order valence-corrected chi connectivity index (χ0v) is 14.7. The minimum Gasteiger partial charge on any atom is -0.444 e. The molecule has 2 aliphatic rings. The van der Waals surface area contributed by atoms with Crippen LogP contribution >= 0.6 is 0 Å². The summed E-state index contributed by atoms with van der Waals surface area (Å²) < 4.78 is 29.6. The lowest BCUT2D eigenvalue weighted by Gasteiger charge is -2.24. The lowest BCUT2D eigenvalue weighted by molar-refractivity contribution is -0.122. The van der Waals surface area contributed by atoms with Crippen molar-refractivity contribution in [2.75, 3.05) is 0 Å². The average Bonchev–Trinajstić information content (AvgIpc) is 3.22. The SMILES string of the molecule is C=C[C@]1(C)C(C(=O)C2CC2)[C@@]1(NC(=O)OC(C)(C)C)S(N)(=O)=O. The van der Waals surface area contributed by atoms with Gasteiger partial charge in [0, 0.05) is 11.3 Å². The smallest absolute Gasteiger partial charge is 0.409 e. The maximum absolute atomic E-state index is 12.5. The van der Waals surface area contributed by atoms with Crippen LogP contribution in [-0.4, -0.2) is 30.8 Å². The van der Waals surface area contributed by atoms with Gasteiger partial charge < -0.3 is 4.74 Å². The molecule has 1 amide bonds. The molecule has 2 saturated carbocycles. The number of ether oxygens (including phenoxy) is 1. The Morgan fingerprint density at radius 3 is 2.22 bits per heavy atom. The van der Waals surface area contributed by atoms with Crippen molar-refractivity contribution >= 4 is 21.9 Å². The van der Waals surface area contributed by atoms with E-state index in [0.29, 0.717) is 0 Å². The second-order valence-corrected chi connectivity index (χ2v) is 9.24. The molecule has 7 nitrogen and oxygen atoms in total. The Morgan fingerprint density at radius 2 is 1.87 bits per heavy atom. The van der Waals surface area contributed by atoms with Crippen LogP contribution in [0.1, 0.15) is 40.5 Å². The molecule has 0 aromatic carbocycles. The lowest BCUT2D eigenvalue weighted by atomic mass is 10.0. The highest BCUT2D eigenvalue weighted by Crippen LogP contribution is 2.67. The van der Waals surface area contributed by atoms with Gasteiger partial charge in [0.05, 0.1) is 5.92 Å². The number of alkyl carbamates (subject to hydrolysis) is 1. The molecule has 8 heteroatoms. The summed E-state index contributed by atoms with van der Waals surface area (Å²) in [5.41, 5.74) is -1.96. The van der Waals surface area contributed by atoms with Crippen LogP contribution in [0.4, 0.5) is 4.79 Å². The van der Waals surface area contributed by atoms with Crippen molar-refractivity contribution in [2.24, 2.45) is 22.4 Å². The molecule has 2 fully saturated rings. The molecule has 0 bridgehead atoms. The van der Waals surface area contributed by atoms with Gasteiger partial charge >= 0.3 is 6.09 Å². The van der Waals surface area contributed by atoms with Crippen molar-refractivity contribution in [3.63, 3.8) is 0 Å². The standard InChI is InChI=1S/C15H24N2O5S/c1-6-14(5)11(10(18)9-7-8-9)15(14,23(16,20)21)17-12(19)22-13(2,3)4/h6,9,11H,1,7-8H2,2-5H3,(H,17,19)(H2,16,20,21)/t11?,14-,15-/m1/s1. The maximum atomic E-state index is 12.5. The summed E-state index contributed by atoms with van der Waals surface area (Å²) in [6, 6.07) is 0. The minimum atomic E-state index is -4.27. The van der Waals surface area contributed by atoms with Crippen molar-refractivity contribution in [1.29, 1.82) is 0 Å². The first-order valence-electron chi connectivity index (χ1n) is 7.51. The minimum absolute atomic E-state index is 0.164. The molecular weight excluding hydrogens is 320 g/mol. The van der Waals surface area contributed by atoms with E-state index >= 15 is 0 Å². The summed E-state index contributed by atoms with van der Waals surface area (Å²) in [7, 11) is -4.27. The van der Waals surface area contributed by atoms with E-state index in [-0.39, 0.29) is 11.7 Å². The van der Waals surface area contributed by atoms with Gasteiger partial charge in [-0.3, -0.25) is 10.1 Å². The molecule has 2 rings (SSSR count). The number of Topliss-reactive ketones (excluding diaryl/α,β-unsaturated/α-hetero) is 1. The average molecular weight is 344 g/mol. The molecular formula is C15H24N2O5S. The number of carbonyl (C=O) groups is 2. The number of nitrogens with two attached hydrogens (primary N) is 1. The fourth-order valence-corrected chi connectivity index (χ4v) is 4.85. The van der Waals surface area contributed by atoms with Crippen LogP contribution < -0.4 is 10.5 Å². The zero-order valence-electron chi connectivity index (χ0n) is 13.9. The highest BCUT2D eigenvalue weighted by atomic mass is 32.2. The van der Waals surface area contributed by atoms with E-state index in [2.05, 4.69) is 11.9 Å². The van der Waals surface area contributed by atoms with Crippen LogP contribution in [0.5, 0.6) is 0 Å². The number of rotatable bonds is 5. The Kier molecular flexibility index (Phi) is 3.93. The predicted molar refractivity (Wildman–Crippen MR) is 84.7 cm³/mol. The number of hydrogen-bond acceptors (Lipinski definition) is 5. The first-order valence-corrected chi connectivity index (χ1v) is 9.05. The number of nitrogens with one attached hydrogen (secondary N) is 1. The van der Waals surface area contributed by atoms with Crippen LogP contribution in [-0.2, 0) is 19.6 Å². The fourth-order valence-electron chi connectivity index (χ4n) is 3.18. The van der Waals surface area contributed by atoms with E-state index in [9.17, 15) is 18.0 Å². The Morgan fingerprint density at radius 1 is 1.35 bits per heavy atom. The third-order valence-corrected chi connectivity index (χ3v) is 6.22. The molecule has 0 aliphatic heterocycles. The van der Waals surface area contributed by atoms with Crippen LogP contribution in [0.25, 0.3) is 0 Å². The quantitative estimate of drug-likeness (QED) is 0.729. The fraction of sp³-hybridized carbons (Fsp3) is 0.733. The van der Waals surface area contributed by atoms with Crippen molar-refractivity contribution < 1.29 is 22.7 Å².